The number of rotatable bonds is 5. The second-order valence-electron chi connectivity index (χ2n) is 2.02. The predicted molar refractivity (Wildman–Crippen MR) is 53.6 cm³/mol. The molecular formula is C6H12IN3O. The van der Waals surface area contributed by atoms with Crippen molar-refractivity contribution >= 4 is 35.1 Å². The van der Waals surface area contributed by atoms with Crippen LogP contribution in [0.2, 0.25) is 0 Å². The topological polar surface area (TPSA) is 67.5 Å². The quantitative estimate of drug-likeness (QED) is 0.192. The normalized spacial score (nSPS) is 11.2. The van der Waals surface area contributed by atoms with Crippen molar-refractivity contribution < 1.29 is 4.79 Å². The van der Waals surface area contributed by atoms with Gasteiger partial charge in [-0.3, -0.25) is 8.52 Å². The molecule has 0 aliphatic carbocycles. The summed E-state index contributed by atoms with van der Waals surface area (Å²) in [6.07, 6.45) is 3.34. The minimum Gasteiger partial charge on any atom is -0.369 e. The highest BCUT2D eigenvalue weighted by Crippen LogP contribution is 1.92. The number of aliphatic imine (C=N–C) groups is 1. The summed E-state index contributed by atoms with van der Waals surface area (Å²) in [6, 6.07) is 0. The zero-order chi connectivity index (χ0) is 8.53. The zero-order valence-corrected chi connectivity index (χ0v) is 8.37. The molecule has 0 saturated carbocycles. The van der Waals surface area contributed by atoms with Crippen molar-refractivity contribution in [3.8, 4) is 0 Å². The molecule has 3 N–H and O–H groups in total. The molecule has 0 bridgehead atoms. The van der Waals surface area contributed by atoms with Gasteiger partial charge in [-0.1, -0.05) is 0 Å². The van der Waals surface area contributed by atoms with E-state index in [1.165, 1.54) is 0 Å². The lowest BCUT2D eigenvalue weighted by Crippen LogP contribution is -2.23. The fourth-order valence-electron chi connectivity index (χ4n) is 0.569. The number of nitrogens with one attached hydrogen (secondary N) is 1. The van der Waals surface area contributed by atoms with Gasteiger partial charge in [0.05, 0.1) is 22.9 Å². The van der Waals surface area contributed by atoms with Gasteiger partial charge in [-0.05, 0) is 12.8 Å². The van der Waals surface area contributed by atoms with E-state index >= 15 is 0 Å². The van der Waals surface area contributed by atoms with Crippen LogP contribution in [-0.2, 0) is 4.79 Å². The van der Waals surface area contributed by atoms with Crippen molar-refractivity contribution in [2.45, 2.75) is 19.3 Å². The van der Waals surface area contributed by atoms with Crippen LogP contribution in [0.15, 0.2) is 4.99 Å². The number of halogens is 1. The van der Waals surface area contributed by atoms with Crippen molar-refractivity contribution in [1.29, 1.82) is 0 Å². The fraction of sp³-hybridized carbons (Fsp3) is 0.667. The molecule has 0 aliphatic heterocycles. The molecule has 0 spiro atoms. The molecule has 0 heterocycles. The van der Waals surface area contributed by atoms with E-state index in [9.17, 15) is 4.79 Å². The summed E-state index contributed by atoms with van der Waals surface area (Å²) in [5.41, 5.74) is 5.35. The average Bonchev–Trinajstić information content (AvgIpc) is 2.04. The summed E-state index contributed by atoms with van der Waals surface area (Å²) < 4.78 is 2.68. The summed E-state index contributed by atoms with van der Waals surface area (Å²) in [5.74, 6) is 0.441. The molecule has 0 aliphatic rings. The number of unbranched alkanes of at least 4 members (excludes halogenated alkanes) is 2. The van der Waals surface area contributed by atoms with E-state index in [2.05, 4.69) is 8.52 Å². The minimum atomic E-state index is 0.441. The molecule has 0 saturated heterocycles. The molecule has 0 amide bonds. The third kappa shape index (κ3) is 7.57. The second kappa shape index (κ2) is 7.77. The van der Waals surface area contributed by atoms with Crippen molar-refractivity contribution in [2.24, 2.45) is 10.7 Å². The van der Waals surface area contributed by atoms with E-state index in [-0.39, 0.29) is 0 Å². The minimum absolute atomic E-state index is 0.441. The van der Waals surface area contributed by atoms with Crippen LogP contribution in [0, 0.1) is 0 Å². The van der Waals surface area contributed by atoms with Crippen LogP contribution in [0.4, 0.5) is 0 Å². The first-order chi connectivity index (χ1) is 5.31. The fourth-order valence-corrected chi connectivity index (χ4v) is 0.739. The smallest absolute Gasteiger partial charge is 0.197 e. The summed E-state index contributed by atoms with van der Waals surface area (Å²) >= 11 is 1.92. The molecule has 0 unspecified atom stereocenters. The number of aldehydes is 1. The molecule has 64 valence electrons. The van der Waals surface area contributed by atoms with Crippen LogP contribution >= 0.6 is 22.9 Å². The Morgan fingerprint density at radius 1 is 1.64 bits per heavy atom. The molecule has 4 nitrogen and oxygen atoms in total. The lowest BCUT2D eigenvalue weighted by Gasteiger charge is -1.95. The van der Waals surface area contributed by atoms with Crippen molar-refractivity contribution in [3.05, 3.63) is 0 Å². The van der Waals surface area contributed by atoms with Gasteiger partial charge in [0.1, 0.15) is 6.29 Å². The van der Waals surface area contributed by atoms with Gasteiger partial charge < -0.3 is 10.5 Å². The first-order valence-electron chi connectivity index (χ1n) is 3.41. The standard InChI is InChI=1S/C6H12IN3O/c7-10-6(8)9-4-2-1-3-5-11/h5H,1-4H2,(H3,8,9,10). The van der Waals surface area contributed by atoms with Crippen LogP contribution in [-0.4, -0.2) is 18.8 Å². The number of nitrogens with zero attached hydrogens (tertiary/aromatic N) is 1. The maximum absolute atomic E-state index is 9.88. The molecule has 0 aromatic rings. The van der Waals surface area contributed by atoms with E-state index in [1.807, 2.05) is 22.9 Å². The Labute approximate surface area is 80.1 Å². The van der Waals surface area contributed by atoms with E-state index < -0.39 is 0 Å². The predicted octanol–water partition coefficient (Wildman–Crippen LogP) is 0.610. The number of carbonyl (C=O) groups excluding carboxylic acids is 1. The van der Waals surface area contributed by atoms with E-state index in [0.717, 1.165) is 19.1 Å². The molecular weight excluding hydrogens is 257 g/mol. The van der Waals surface area contributed by atoms with Gasteiger partial charge in [0.25, 0.3) is 0 Å². The number of guanidine groups is 1. The highest BCUT2D eigenvalue weighted by Gasteiger charge is 1.87. The maximum atomic E-state index is 9.88. The molecule has 0 fully saturated rings. The Morgan fingerprint density at radius 3 is 2.91 bits per heavy atom. The Morgan fingerprint density at radius 2 is 2.36 bits per heavy atom. The summed E-state index contributed by atoms with van der Waals surface area (Å²) in [5, 5.41) is 0. The van der Waals surface area contributed by atoms with Crippen LogP contribution in [0.25, 0.3) is 0 Å². The Balaban J connectivity index is 3.19. The average molecular weight is 269 g/mol. The second-order valence-corrected chi connectivity index (χ2v) is 2.56. The maximum Gasteiger partial charge on any atom is 0.197 e. The Kier molecular flexibility index (Phi) is 7.54. The third-order valence-corrected chi connectivity index (χ3v) is 1.66. The largest absolute Gasteiger partial charge is 0.369 e. The lowest BCUT2D eigenvalue weighted by atomic mass is 10.2. The molecule has 5 heteroatoms. The number of nitrogens with two attached hydrogens (primary N) is 1. The van der Waals surface area contributed by atoms with Crippen LogP contribution in [0.5, 0.6) is 0 Å². The highest BCUT2D eigenvalue weighted by molar-refractivity contribution is 14.1. The van der Waals surface area contributed by atoms with Gasteiger partial charge in [-0.15, -0.1) is 0 Å². The van der Waals surface area contributed by atoms with E-state index in [1.54, 1.807) is 0 Å². The monoisotopic (exact) mass is 269 g/mol. The van der Waals surface area contributed by atoms with Crippen LogP contribution < -0.4 is 9.26 Å². The van der Waals surface area contributed by atoms with Gasteiger partial charge in [0.15, 0.2) is 5.96 Å². The van der Waals surface area contributed by atoms with Gasteiger partial charge >= 0.3 is 0 Å². The van der Waals surface area contributed by atoms with Gasteiger partial charge in [0, 0.05) is 13.0 Å². The Hall–Kier alpha value is -0.330. The number of hydrogen-bond donors (Lipinski definition) is 2. The first kappa shape index (κ1) is 10.7. The van der Waals surface area contributed by atoms with Gasteiger partial charge in [0.2, 0.25) is 0 Å². The summed E-state index contributed by atoms with van der Waals surface area (Å²) in [7, 11) is 0. The first-order valence-corrected chi connectivity index (χ1v) is 4.49. The molecule has 11 heavy (non-hydrogen) atoms. The van der Waals surface area contributed by atoms with E-state index in [0.29, 0.717) is 18.9 Å². The van der Waals surface area contributed by atoms with Gasteiger partial charge in [-0.2, -0.15) is 0 Å². The number of carbonyl (C=O) groups is 1. The van der Waals surface area contributed by atoms with Crippen molar-refractivity contribution in [1.82, 2.24) is 3.53 Å². The van der Waals surface area contributed by atoms with Crippen LogP contribution in [0.3, 0.4) is 0 Å². The summed E-state index contributed by atoms with van der Waals surface area (Å²) in [4.78, 5) is 13.9. The number of hydrogen-bond acceptors (Lipinski definition) is 2. The zero-order valence-electron chi connectivity index (χ0n) is 6.22. The molecule has 0 rings (SSSR count). The molecule has 0 atom stereocenters. The van der Waals surface area contributed by atoms with Crippen molar-refractivity contribution in [2.75, 3.05) is 6.54 Å². The van der Waals surface area contributed by atoms with Crippen LogP contribution in [0.1, 0.15) is 19.3 Å². The molecule has 0 radical (unpaired) electrons. The van der Waals surface area contributed by atoms with E-state index in [4.69, 9.17) is 5.73 Å². The lowest BCUT2D eigenvalue weighted by molar-refractivity contribution is -0.107. The SMILES string of the molecule is NC(=NCCCCC=O)NI. The highest BCUT2D eigenvalue weighted by atomic mass is 127. The van der Waals surface area contributed by atoms with Gasteiger partial charge in [-0.25, -0.2) is 0 Å². The molecule has 0 aromatic heterocycles. The summed E-state index contributed by atoms with van der Waals surface area (Å²) in [6.45, 7) is 0.690. The molecule has 0 aromatic carbocycles. The van der Waals surface area contributed by atoms with Crippen molar-refractivity contribution in [3.63, 3.8) is 0 Å². The third-order valence-electron chi connectivity index (χ3n) is 1.11. The Bertz CT molecular complexity index is 138.